The van der Waals surface area contributed by atoms with Crippen LogP contribution in [0.1, 0.15) is 24.5 Å². The molecule has 24 heavy (non-hydrogen) atoms. The summed E-state index contributed by atoms with van der Waals surface area (Å²) in [7, 11) is 3.21. The van der Waals surface area contributed by atoms with E-state index in [4.69, 9.17) is 20.2 Å². The number of nitrogens with two attached hydrogens (primary N) is 1. The molecule has 0 spiro atoms. The lowest BCUT2D eigenvalue weighted by Crippen LogP contribution is -2.06. The summed E-state index contributed by atoms with van der Waals surface area (Å²) in [5.74, 6) is 2.69. The van der Waals surface area contributed by atoms with Crippen LogP contribution in [0.2, 0.25) is 0 Å². The maximum absolute atomic E-state index is 6.09. The maximum atomic E-state index is 6.09. The molecule has 0 unspecified atom stereocenters. The Morgan fingerprint density at radius 3 is 2.50 bits per heavy atom. The van der Waals surface area contributed by atoms with Crippen LogP contribution < -0.4 is 15.2 Å². The number of ether oxygens (including phenoxy) is 2. The predicted molar refractivity (Wildman–Crippen MR) is 92.0 cm³/mol. The molecule has 2 aromatic heterocycles. The fourth-order valence-corrected chi connectivity index (χ4v) is 3.54. The number of benzene rings is 1. The minimum absolute atomic E-state index is 0.260. The second-order valence-electron chi connectivity index (χ2n) is 5.58. The van der Waals surface area contributed by atoms with Crippen LogP contribution in [0.3, 0.4) is 0 Å². The van der Waals surface area contributed by atoms with Crippen molar-refractivity contribution < 1.29 is 9.47 Å². The minimum Gasteiger partial charge on any atom is -0.494 e. The third-order valence-corrected chi connectivity index (χ3v) is 4.88. The van der Waals surface area contributed by atoms with Gasteiger partial charge in [-0.1, -0.05) is 6.07 Å². The van der Waals surface area contributed by atoms with Crippen molar-refractivity contribution in [1.29, 1.82) is 0 Å². The first-order valence-corrected chi connectivity index (χ1v) is 8.49. The van der Waals surface area contributed by atoms with Gasteiger partial charge in [-0.3, -0.25) is 4.57 Å². The Balaban J connectivity index is 1.89. The number of hydrogen-bond acceptors (Lipinski definition) is 7. The van der Waals surface area contributed by atoms with Gasteiger partial charge in [-0.05, 0) is 25.0 Å². The number of thiazole rings is 1. The Bertz CT molecular complexity index is 862. The normalized spacial score (nSPS) is 13.9. The number of hydrogen-bond donors (Lipinski definition) is 1. The highest BCUT2D eigenvalue weighted by molar-refractivity contribution is 7.13. The molecule has 0 amide bonds. The molecule has 1 aliphatic carbocycles. The van der Waals surface area contributed by atoms with Gasteiger partial charge in [-0.25, -0.2) is 4.98 Å². The average molecular weight is 343 g/mol. The van der Waals surface area contributed by atoms with Gasteiger partial charge in [-0.2, -0.15) is 0 Å². The molecule has 3 aromatic rings. The second-order valence-corrected chi connectivity index (χ2v) is 6.44. The Morgan fingerprint density at radius 2 is 1.88 bits per heavy atom. The van der Waals surface area contributed by atoms with E-state index in [1.54, 1.807) is 30.1 Å². The van der Waals surface area contributed by atoms with Crippen molar-refractivity contribution in [3.63, 3.8) is 0 Å². The summed E-state index contributed by atoms with van der Waals surface area (Å²) < 4.78 is 12.7. The minimum atomic E-state index is 0.260. The van der Waals surface area contributed by atoms with E-state index in [9.17, 15) is 0 Å². The molecule has 8 heteroatoms. The van der Waals surface area contributed by atoms with E-state index >= 15 is 0 Å². The molecular formula is C16H17N5O2S. The summed E-state index contributed by atoms with van der Waals surface area (Å²) in [6.45, 7) is 0. The first-order valence-electron chi connectivity index (χ1n) is 7.61. The van der Waals surface area contributed by atoms with Crippen LogP contribution in [-0.2, 0) is 0 Å². The van der Waals surface area contributed by atoms with Crippen molar-refractivity contribution in [2.75, 3.05) is 20.0 Å². The third-order valence-electron chi connectivity index (χ3n) is 4.02. The Labute approximate surface area is 143 Å². The second kappa shape index (κ2) is 5.79. The SMILES string of the molecule is COc1cccc(OC)c1-n1c(N)nnc1-c1nc(C2CC2)cs1. The standard InChI is InChI=1S/C16H17N5O2S/c1-22-11-4-3-5-12(23-2)13(11)21-14(19-20-16(21)17)15-18-10(8-24-15)9-6-7-9/h3-5,8-9H,6-7H2,1-2H3,(H2,17,20). The highest BCUT2D eigenvalue weighted by Crippen LogP contribution is 2.42. The molecule has 0 bridgehead atoms. The fourth-order valence-electron chi connectivity index (χ4n) is 2.66. The Morgan fingerprint density at radius 1 is 1.17 bits per heavy atom. The largest absolute Gasteiger partial charge is 0.494 e. The van der Waals surface area contributed by atoms with Gasteiger partial charge in [0, 0.05) is 11.3 Å². The summed E-state index contributed by atoms with van der Waals surface area (Å²) in [5.41, 5.74) is 7.88. The van der Waals surface area contributed by atoms with Crippen LogP contribution in [0.15, 0.2) is 23.6 Å². The highest BCUT2D eigenvalue weighted by atomic mass is 32.1. The zero-order valence-corrected chi connectivity index (χ0v) is 14.2. The molecule has 0 saturated heterocycles. The van der Waals surface area contributed by atoms with Crippen LogP contribution in [0.4, 0.5) is 5.95 Å². The average Bonchev–Trinajstić information content (AvgIpc) is 3.22. The molecule has 1 aliphatic rings. The van der Waals surface area contributed by atoms with Gasteiger partial charge in [0.1, 0.15) is 17.2 Å². The van der Waals surface area contributed by atoms with E-state index in [1.807, 2.05) is 18.2 Å². The topological polar surface area (TPSA) is 88.1 Å². The lowest BCUT2D eigenvalue weighted by molar-refractivity contribution is 0.391. The summed E-state index contributed by atoms with van der Waals surface area (Å²) in [5, 5.41) is 11.1. The molecule has 0 atom stereocenters. The first kappa shape index (κ1) is 14.9. The van der Waals surface area contributed by atoms with Gasteiger partial charge in [0.25, 0.3) is 0 Å². The van der Waals surface area contributed by atoms with E-state index in [0.29, 0.717) is 28.9 Å². The van der Waals surface area contributed by atoms with E-state index in [2.05, 4.69) is 15.6 Å². The van der Waals surface area contributed by atoms with Crippen LogP contribution in [0.25, 0.3) is 16.5 Å². The lowest BCUT2D eigenvalue weighted by Gasteiger charge is -2.15. The number of aromatic nitrogens is 4. The maximum Gasteiger partial charge on any atom is 0.227 e. The van der Waals surface area contributed by atoms with Crippen molar-refractivity contribution in [1.82, 2.24) is 19.7 Å². The summed E-state index contributed by atoms with van der Waals surface area (Å²) >= 11 is 1.55. The molecule has 1 fully saturated rings. The smallest absolute Gasteiger partial charge is 0.227 e. The molecule has 2 heterocycles. The lowest BCUT2D eigenvalue weighted by atomic mass is 10.2. The molecule has 2 N–H and O–H groups in total. The molecule has 0 radical (unpaired) electrons. The third kappa shape index (κ3) is 2.39. The molecule has 1 aromatic carbocycles. The number of rotatable bonds is 5. The van der Waals surface area contributed by atoms with Gasteiger partial charge in [0.15, 0.2) is 10.8 Å². The number of methoxy groups -OCH3 is 2. The molecule has 7 nitrogen and oxygen atoms in total. The number of nitrogens with zero attached hydrogens (tertiary/aromatic N) is 4. The van der Waals surface area contributed by atoms with Crippen molar-refractivity contribution in [3.8, 4) is 28.0 Å². The van der Waals surface area contributed by atoms with Crippen molar-refractivity contribution in [3.05, 3.63) is 29.3 Å². The van der Waals surface area contributed by atoms with Crippen LogP contribution in [0.5, 0.6) is 11.5 Å². The van der Waals surface area contributed by atoms with E-state index < -0.39 is 0 Å². The van der Waals surface area contributed by atoms with Gasteiger partial charge < -0.3 is 15.2 Å². The number of anilines is 1. The molecule has 124 valence electrons. The van der Waals surface area contributed by atoms with E-state index in [0.717, 1.165) is 10.7 Å². The molecule has 0 aliphatic heterocycles. The van der Waals surface area contributed by atoms with Gasteiger partial charge in [0.05, 0.1) is 19.9 Å². The van der Waals surface area contributed by atoms with Crippen LogP contribution >= 0.6 is 11.3 Å². The monoisotopic (exact) mass is 343 g/mol. The van der Waals surface area contributed by atoms with Crippen molar-refractivity contribution in [2.24, 2.45) is 0 Å². The highest BCUT2D eigenvalue weighted by Gasteiger charge is 2.28. The van der Waals surface area contributed by atoms with Gasteiger partial charge in [-0.15, -0.1) is 21.5 Å². The van der Waals surface area contributed by atoms with E-state index in [-0.39, 0.29) is 5.95 Å². The summed E-state index contributed by atoms with van der Waals surface area (Å²) in [4.78, 5) is 4.71. The predicted octanol–water partition coefficient (Wildman–Crippen LogP) is 2.87. The Kier molecular flexibility index (Phi) is 3.61. The summed E-state index contributed by atoms with van der Waals surface area (Å²) in [6.07, 6.45) is 2.41. The molecule has 1 saturated carbocycles. The zero-order valence-electron chi connectivity index (χ0n) is 13.4. The quantitative estimate of drug-likeness (QED) is 0.766. The zero-order chi connectivity index (χ0) is 16.7. The fraction of sp³-hybridized carbons (Fsp3) is 0.312. The van der Waals surface area contributed by atoms with Crippen molar-refractivity contribution >= 4 is 17.3 Å². The van der Waals surface area contributed by atoms with Crippen molar-refractivity contribution in [2.45, 2.75) is 18.8 Å². The van der Waals surface area contributed by atoms with Gasteiger partial charge >= 0.3 is 0 Å². The van der Waals surface area contributed by atoms with Crippen LogP contribution in [0, 0.1) is 0 Å². The molecule has 4 rings (SSSR count). The van der Waals surface area contributed by atoms with Crippen LogP contribution in [-0.4, -0.2) is 34.0 Å². The molecular weight excluding hydrogens is 326 g/mol. The number of para-hydroxylation sites is 1. The first-order chi connectivity index (χ1) is 11.7. The Hall–Kier alpha value is -2.61. The number of nitrogen functional groups attached to an aromatic ring is 1. The van der Waals surface area contributed by atoms with E-state index in [1.165, 1.54) is 12.8 Å². The van der Waals surface area contributed by atoms with Gasteiger partial charge in [0.2, 0.25) is 5.95 Å². The summed E-state index contributed by atoms with van der Waals surface area (Å²) in [6, 6.07) is 5.55.